The second-order valence-electron chi connectivity index (χ2n) is 4.37. The van der Waals surface area contributed by atoms with Crippen molar-refractivity contribution in [3.8, 4) is 0 Å². The molecule has 0 saturated heterocycles. The van der Waals surface area contributed by atoms with Gasteiger partial charge in [-0.15, -0.1) is 0 Å². The van der Waals surface area contributed by atoms with Gasteiger partial charge in [-0.05, 0) is 39.3 Å². The van der Waals surface area contributed by atoms with Gasteiger partial charge in [-0.3, -0.25) is 4.79 Å². The van der Waals surface area contributed by atoms with Gasteiger partial charge in [0.15, 0.2) is 5.78 Å². The normalized spacial score (nSPS) is 29.0. The summed E-state index contributed by atoms with van der Waals surface area (Å²) in [5.41, 5.74) is -0.580. The van der Waals surface area contributed by atoms with E-state index in [4.69, 9.17) is 0 Å². The van der Waals surface area contributed by atoms with Crippen molar-refractivity contribution in [2.75, 3.05) is 0 Å². The number of allylic oxidation sites excluding steroid dienone is 2. The molecule has 0 radical (unpaired) electrons. The average molecular weight is 180 g/mol. The van der Waals surface area contributed by atoms with E-state index >= 15 is 0 Å². The molecule has 0 bridgehead atoms. The van der Waals surface area contributed by atoms with E-state index < -0.39 is 11.0 Å². The Bertz CT molecular complexity index is 292. The molecule has 1 N–H and O–H groups in total. The lowest BCUT2D eigenvalue weighted by Crippen LogP contribution is -2.39. The van der Waals surface area contributed by atoms with Gasteiger partial charge in [-0.1, -0.05) is 12.2 Å². The number of carbonyl (C=O) groups excluding carboxylic acids is 1. The van der Waals surface area contributed by atoms with Crippen molar-refractivity contribution in [1.29, 1.82) is 0 Å². The van der Waals surface area contributed by atoms with Crippen molar-refractivity contribution < 1.29 is 9.90 Å². The van der Waals surface area contributed by atoms with Gasteiger partial charge in [0, 0.05) is 5.41 Å². The van der Waals surface area contributed by atoms with Crippen LogP contribution in [0.4, 0.5) is 0 Å². The van der Waals surface area contributed by atoms with Crippen LogP contribution in [-0.4, -0.2) is 16.5 Å². The van der Waals surface area contributed by atoms with Crippen molar-refractivity contribution in [2.24, 2.45) is 5.41 Å². The molecule has 1 unspecified atom stereocenters. The highest BCUT2D eigenvalue weighted by molar-refractivity contribution is 6.04. The van der Waals surface area contributed by atoms with Gasteiger partial charge in [-0.25, -0.2) is 0 Å². The van der Waals surface area contributed by atoms with Crippen LogP contribution in [-0.2, 0) is 4.79 Å². The Kier molecular flexibility index (Phi) is 2.20. The lowest BCUT2D eigenvalue weighted by molar-refractivity contribution is -0.111. The van der Waals surface area contributed by atoms with Crippen LogP contribution < -0.4 is 0 Å². The number of rotatable bonds is 1. The van der Waals surface area contributed by atoms with Crippen LogP contribution in [0.5, 0.6) is 0 Å². The lowest BCUT2D eigenvalue weighted by Gasteiger charge is -2.37. The smallest absolute Gasteiger partial charge is 0.180 e. The molecule has 0 aromatic heterocycles. The van der Waals surface area contributed by atoms with Crippen LogP contribution in [0.1, 0.15) is 27.7 Å². The van der Waals surface area contributed by atoms with E-state index in [0.29, 0.717) is 5.57 Å². The van der Waals surface area contributed by atoms with Crippen LogP contribution in [0.15, 0.2) is 23.8 Å². The molecule has 0 heterocycles. The predicted octanol–water partition coefficient (Wildman–Crippen LogP) is 1.85. The number of hydrogen-bond donors (Lipinski definition) is 1. The quantitative estimate of drug-likeness (QED) is 0.668. The predicted molar refractivity (Wildman–Crippen MR) is 52.3 cm³/mol. The second-order valence-corrected chi connectivity index (χ2v) is 4.37. The highest BCUT2D eigenvalue weighted by Gasteiger charge is 2.37. The summed E-state index contributed by atoms with van der Waals surface area (Å²) in [6.45, 7) is 7.18. The summed E-state index contributed by atoms with van der Waals surface area (Å²) in [6, 6.07) is 0. The first-order valence-electron chi connectivity index (χ1n) is 4.42. The molecule has 1 aliphatic rings. The molecule has 2 heteroatoms. The monoisotopic (exact) mass is 180 g/mol. The summed E-state index contributed by atoms with van der Waals surface area (Å²) in [4.78, 5) is 11.2. The molecule has 1 atom stereocenters. The maximum atomic E-state index is 11.2. The van der Waals surface area contributed by atoms with E-state index in [1.165, 1.54) is 6.08 Å². The standard InChI is InChI=1S/C11H16O2/c1-8-7-11(4,10(2,3)13)6-5-9(8)12/h5-7,13H,1-4H3. The number of carbonyl (C=O) groups is 1. The Balaban J connectivity index is 3.10. The van der Waals surface area contributed by atoms with Crippen molar-refractivity contribution in [1.82, 2.24) is 0 Å². The fourth-order valence-electron chi connectivity index (χ4n) is 1.33. The Morgan fingerprint density at radius 3 is 2.38 bits per heavy atom. The summed E-state index contributed by atoms with van der Waals surface area (Å²) in [6.07, 6.45) is 5.13. The molecule has 0 aliphatic heterocycles. The SMILES string of the molecule is CC1=CC(C)(C(C)(C)O)C=CC1=O. The minimum Gasteiger partial charge on any atom is -0.389 e. The first-order valence-corrected chi connectivity index (χ1v) is 4.42. The molecule has 0 spiro atoms. The van der Waals surface area contributed by atoms with Crippen LogP contribution in [0.2, 0.25) is 0 Å². The molecule has 0 aromatic carbocycles. The first kappa shape index (κ1) is 10.2. The lowest BCUT2D eigenvalue weighted by atomic mass is 9.72. The third-order valence-corrected chi connectivity index (χ3v) is 2.80. The molecule has 72 valence electrons. The van der Waals surface area contributed by atoms with E-state index in [9.17, 15) is 9.90 Å². The highest BCUT2D eigenvalue weighted by Crippen LogP contribution is 2.37. The van der Waals surface area contributed by atoms with E-state index in [2.05, 4.69) is 0 Å². The Morgan fingerprint density at radius 2 is 2.00 bits per heavy atom. The molecule has 0 fully saturated rings. The number of hydrogen-bond acceptors (Lipinski definition) is 2. The molecule has 2 nitrogen and oxygen atoms in total. The number of aliphatic hydroxyl groups is 1. The van der Waals surface area contributed by atoms with E-state index in [-0.39, 0.29) is 5.78 Å². The second kappa shape index (κ2) is 2.81. The molecule has 1 aliphatic carbocycles. The first-order chi connectivity index (χ1) is 5.76. The van der Waals surface area contributed by atoms with Gasteiger partial charge in [-0.2, -0.15) is 0 Å². The third kappa shape index (κ3) is 1.73. The maximum absolute atomic E-state index is 11.2. The van der Waals surface area contributed by atoms with E-state index in [1.54, 1.807) is 26.8 Å². The minimum atomic E-state index is -0.842. The molecule has 0 aromatic rings. The van der Waals surface area contributed by atoms with Gasteiger partial charge >= 0.3 is 0 Å². The van der Waals surface area contributed by atoms with Crippen molar-refractivity contribution in [2.45, 2.75) is 33.3 Å². The molecular formula is C11H16O2. The molecule has 1 rings (SSSR count). The van der Waals surface area contributed by atoms with Crippen LogP contribution in [0.3, 0.4) is 0 Å². The zero-order chi connectivity index (χ0) is 10.3. The average Bonchev–Trinajstić information content (AvgIpc) is 1.95. The summed E-state index contributed by atoms with van der Waals surface area (Å²) in [5, 5.41) is 9.90. The summed E-state index contributed by atoms with van der Waals surface area (Å²) in [7, 11) is 0. The van der Waals surface area contributed by atoms with E-state index in [0.717, 1.165) is 0 Å². The topological polar surface area (TPSA) is 37.3 Å². The highest BCUT2D eigenvalue weighted by atomic mass is 16.3. The molecular weight excluding hydrogens is 164 g/mol. The fraction of sp³-hybridized carbons (Fsp3) is 0.545. The molecule has 13 heavy (non-hydrogen) atoms. The van der Waals surface area contributed by atoms with Gasteiger partial charge in [0.25, 0.3) is 0 Å². The summed E-state index contributed by atoms with van der Waals surface area (Å²) in [5.74, 6) is 0.0294. The van der Waals surface area contributed by atoms with Crippen LogP contribution in [0, 0.1) is 5.41 Å². The third-order valence-electron chi connectivity index (χ3n) is 2.80. The Labute approximate surface area is 79.0 Å². The fourth-order valence-corrected chi connectivity index (χ4v) is 1.33. The van der Waals surface area contributed by atoms with Gasteiger partial charge in [0.2, 0.25) is 0 Å². The zero-order valence-electron chi connectivity index (χ0n) is 8.59. The van der Waals surface area contributed by atoms with Crippen LogP contribution in [0.25, 0.3) is 0 Å². The van der Waals surface area contributed by atoms with Crippen LogP contribution >= 0.6 is 0 Å². The molecule has 0 saturated carbocycles. The van der Waals surface area contributed by atoms with Gasteiger partial charge in [0.05, 0.1) is 5.60 Å². The largest absolute Gasteiger partial charge is 0.389 e. The van der Waals surface area contributed by atoms with Crippen molar-refractivity contribution in [3.05, 3.63) is 23.8 Å². The maximum Gasteiger partial charge on any atom is 0.180 e. The zero-order valence-corrected chi connectivity index (χ0v) is 8.59. The molecule has 0 amide bonds. The number of ketones is 1. The Hall–Kier alpha value is -0.890. The minimum absolute atomic E-state index is 0.0294. The summed E-state index contributed by atoms with van der Waals surface area (Å²) < 4.78 is 0. The summed E-state index contributed by atoms with van der Waals surface area (Å²) >= 11 is 0. The Morgan fingerprint density at radius 1 is 1.46 bits per heavy atom. The van der Waals surface area contributed by atoms with E-state index in [1.807, 2.05) is 13.0 Å². The van der Waals surface area contributed by atoms with Crippen molar-refractivity contribution >= 4 is 5.78 Å². The van der Waals surface area contributed by atoms with Crippen molar-refractivity contribution in [3.63, 3.8) is 0 Å². The van der Waals surface area contributed by atoms with Gasteiger partial charge in [0.1, 0.15) is 0 Å². The van der Waals surface area contributed by atoms with Gasteiger partial charge < -0.3 is 5.11 Å².